The Hall–Kier alpha value is -1.64. The molecule has 0 bridgehead atoms. The molecule has 0 atom stereocenters. The number of alkyl halides is 5. The molecule has 0 aliphatic rings. The molecular weight excluding hydrogens is 253 g/mol. The van der Waals surface area contributed by atoms with Crippen LogP contribution in [0.2, 0.25) is 0 Å². The first kappa shape index (κ1) is 13.4. The van der Waals surface area contributed by atoms with Gasteiger partial charge in [-0.15, -0.1) is 13.2 Å². The Labute approximate surface area is 90.6 Å². The van der Waals surface area contributed by atoms with Crippen LogP contribution in [0.4, 0.5) is 22.0 Å². The Morgan fingerprint density at radius 2 is 2.00 bits per heavy atom. The van der Waals surface area contributed by atoms with Crippen LogP contribution in [0.25, 0.3) is 0 Å². The van der Waals surface area contributed by atoms with Gasteiger partial charge in [0.15, 0.2) is 0 Å². The topological polar surface area (TPSA) is 62.3 Å². The molecule has 1 heterocycles. The number of aromatic amines is 1. The molecule has 0 aliphatic carbocycles. The van der Waals surface area contributed by atoms with E-state index in [4.69, 9.17) is 5.11 Å². The van der Waals surface area contributed by atoms with Crippen LogP contribution in [-0.2, 0) is 6.61 Å². The minimum absolute atomic E-state index is 0.333. The highest BCUT2D eigenvalue weighted by atomic mass is 19.4. The van der Waals surface area contributed by atoms with Gasteiger partial charge in [0, 0.05) is 5.69 Å². The Bertz CT molecular complexity index is 453. The van der Waals surface area contributed by atoms with Crippen LogP contribution in [0.15, 0.2) is 10.9 Å². The zero-order valence-electron chi connectivity index (χ0n) is 8.02. The van der Waals surface area contributed by atoms with Crippen molar-refractivity contribution in [2.45, 2.75) is 19.4 Å². The molecule has 0 aromatic carbocycles. The first-order chi connectivity index (χ1) is 7.74. The predicted octanol–water partition coefficient (Wildman–Crippen LogP) is 1.70. The van der Waals surface area contributed by atoms with Gasteiger partial charge in [0.1, 0.15) is 0 Å². The molecule has 4 nitrogen and oxygen atoms in total. The third kappa shape index (κ3) is 3.41. The summed E-state index contributed by atoms with van der Waals surface area (Å²) in [5, 5.41) is 8.61. The number of hydrogen-bond donors (Lipinski definition) is 2. The Kier molecular flexibility index (Phi) is 3.71. The third-order valence-electron chi connectivity index (χ3n) is 1.70. The van der Waals surface area contributed by atoms with E-state index in [0.29, 0.717) is 6.07 Å². The smallest absolute Gasteiger partial charge is 0.399 e. The van der Waals surface area contributed by atoms with Gasteiger partial charge in [0.05, 0.1) is 12.2 Å². The number of aliphatic hydroxyl groups is 1. The third-order valence-corrected chi connectivity index (χ3v) is 1.70. The lowest BCUT2D eigenvalue weighted by atomic mass is 10.2. The number of nitrogens with one attached hydrogen (secondary N) is 1. The summed E-state index contributed by atoms with van der Waals surface area (Å²) in [4.78, 5) is 12.9. The van der Waals surface area contributed by atoms with Gasteiger partial charge in [-0.1, -0.05) is 0 Å². The fourth-order valence-electron chi connectivity index (χ4n) is 1.09. The Morgan fingerprint density at radius 1 is 1.41 bits per heavy atom. The predicted molar refractivity (Wildman–Crippen MR) is 44.6 cm³/mol. The summed E-state index contributed by atoms with van der Waals surface area (Å²) in [6.07, 6.45) is -8.59. The molecule has 9 heteroatoms. The van der Waals surface area contributed by atoms with E-state index >= 15 is 0 Å². The van der Waals surface area contributed by atoms with Crippen LogP contribution in [0, 0.1) is 0 Å². The van der Waals surface area contributed by atoms with Crippen molar-refractivity contribution >= 4 is 0 Å². The van der Waals surface area contributed by atoms with E-state index in [1.807, 2.05) is 0 Å². The van der Waals surface area contributed by atoms with E-state index in [0.717, 1.165) is 0 Å². The Balaban J connectivity index is 3.32. The molecular formula is C8H6F5NO3. The molecule has 0 saturated carbocycles. The number of H-pyrrole nitrogens is 1. The second-order valence-electron chi connectivity index (χ2n) is 2.91. The zero-order chi connectivity index (χ0) is 13.2. The van der Waals surface area contributed by atoms with Crippen LogP contribution in [0.1, 0.15) is 17.7 Å². The van der Waals surface area contributed by atoms with Gasteiger partial charge in [-0.05, 0) is 6.07 Å². The fourth-order valence-corrected chi connectivity index (χ4v) is 1.09. The molecule has 0 amide bonds. The van der Waals surface area contributed by atoms with Crippen molar-refractivity contribution in [2.24, 2.45) is 0 Å². The lowest BCUT2D eigenvalue weighted by Gasteiger charge is -2.12. The fraction of sp³-hybridized carbons (Fsp3) is 0.375. The number of aromatic nitrogens is 1. The number of ether oxygens (including phenoxy) is 1. The molecule has 1 aromatic heterocycles. The van der Waals surface area contributed by atoms with Crippen LogP contribution in [0.5, 0.6) is 5.75 Å². The zero-order valence-corrected chi connectivity index (χ0v) is 8.02. The summed E-state index contributed by atoms with van der Waals surface area (Å²) in [6, 6.07) is 0.535. The van der Waals surface area contributed by atoms with Crippen LogP contribution >= 0.6 is 0 Å². The largest absolute Gasteiger partial charge is 0.573 e. The van der Waals surface area contributed by atoms with Crippen molar-refractivity contribution in [2.75, 3.05) is 0 Å². The number of aliphatic hydroxyl groups excluding tert-OH is 1. The minimum Gasteiger partial charge on any atom is -0.399 e. The average Bonchev–Trinajstić information content (AvgIpc) is 2.18. The first-order valence-corrected chi connectivity index (χ1v) is 4.15. The van der Waals surface area contributed by atoms with E-state index in [-0.39, 0.29) is 5.69 Å². The summed E-state index contributed by atoms with van der Waals surface area (Å²) in [5.41, 5.74) is -3.04. The molecule has 0 saturated heterocycles. The average molecular weight is 259 g/mol. The SMILES string of the molecule is O=c1[nH]c(CO)cc(C(F)F)c1OC(F)(F)F. The maximum atomic E-state index is 12.4. The molecule has 0 aliphatic heterocycles. The summed E-state index contributed by atoms with van der Waals surface area (Å²) < 4.78 is 63.7. The van der Waals surface area contributed by atoms with Crippen LogP contribution < -0.4 is 10.3 Å². The maximum Gasteiger partial charge on any atom is 0.573 e. The lowest BCUT2D eigenvalue weighted by molar-refractivity contribution is -0.275. The number of pyridine rings is 1. The minimum atomic E-state index is -5.25. The lowest BCUT2D eigenvalue weighted by Crippen LogP contribution is -2.25. The number of halogens is 5. The van der Waals surface area contributed by atoms with Crippen LogP contribution in [-0.4, -0.2) is 16.5 Å². The first-order valence-electron chi connectivity index (χ1n) is 4.15. The van der Waals surface area contributed by atoms with Gasteiger partial charge in [0.2, 0.25) is 5.75 Å². The molecule has 1 aromatic rings. The molecule has 0 radical (unpaired) electrons. The van der Waals surface area contributed by atoms with E-state index in [2.05, 4.69) is 4.74 Å². The van der Waals surface area contributed by atoms with Gasteiger partial charge in [0.25, 0.3) is 12.0 Å². The molecule has 1 rings (SSSR count). The Morgan fingerprint density at radius 3 is 2.41 bits per heavy atom. The highest BCUT2D eigenvalue weighted by Crippen LogP contribution is 2.30. The second-order valence-corrected chi connectivity index (χ2v) is 2.91. The molecule has 17 heavy (non-hydrogen) atoms. The number of hydrogen-bond acceptors (Lipinski definition) is 3. The quantitative estimate of drug-likeness (QED) is 0.812. The van der Waals surface area contributed by atoms with Crippen molar-refractivity contribution in [3.05, 3.63) is 27.7 Å². The van der Waals surface area contributed by atoms with Crippen molar-refractivity contribution in [3.8, 4) is 5.75 Å². The van der Waals surface area contributed by atoms with E-state index in [9.17, 15) is 26.7 Å². The van der Waals surface area contributed by atoms with Crippen molar-refractivity contribution in [1.29, 1.82) is 0 Å². The maximum absolute atomic E-state index is 12.4. The standard InChI is InChI=1S/C8H6F5NO3/c9-6(10)4-1-3(2-15)14-7(16)5(4)17-8(11,12)13/h1,6,15H,2H2,(H,14,16). The van der Waals surface area contributed by atoms with E-state index in [1.54, 1.807) is 4.98 Å². The monoisotopic (exact) mass is 259 g/mol. The summed E-state index contributed by atoms with van der Waals surface area (Å²) >= 11 is 0. The summed E-state index contributed by atoms with van der Waals surface area (Å²) in [7, 11) is 0. The van der Waals surface area contributed by atoms with Gasteiger partial charge in [-0.25, -0.2) is 8.78 Å². The normalized spacial score (nSPS) is 11.9. The van der Waals surface area contributed by atoms with Crippen molar-refractivity contribution in [3.63, 3.8) is 0 Å². The second kappa shape index (κ2) is 4.70. The van der Waals surface area contributed by atoms with Gasteiger partial charge >= 0.3 is 6.36 Å². The molecule has 0 spiro atoms. The molecule has 96 valence electrons. The van der Waals surface area contributed by atoms with Crippen molar-refractivity contribution < 1.29 is 31.8 Å². The van der Waals surface area contributed by atoms with E-state index < -0.39 is 36.3 Å². The highest BCUT2D eigenvalue weighted by Gasteiger charge is 2.35. The van der Waals surface area contributed by atoms with Crippen LogP contribution in [0.3, 0.4) is 0 Å². The number of rotatable bonds is 3. The molecule has 2 N–H and O–H groups in total. The van der Waals surface area contributed by atoms with Gasteiger partial charge < -0.3 is 14.8 Å². The molecule has 0 unspecified atom stereocenters. The van der Waals surface area contributed by atoms with E-state index in [1.165, 1.54) is 0 Å². The summed E-state index contributed by atoms with van der Waals surface area (Å²) in [6.45, 7) is -0.790. The molecule has 0 fully saturated rings. The van der Waals surface area contributed by atoms with Gasteiger partial charge in [-0.2, -0.15) is 0 Å². The summed E-state index contributed by atoms with van der Waals surface area (Å²) in [5.74, 6) is -1.52. The van der Waals surface area contributed by atoms with Crippen molar-refractivity contribution in [1.82, 2.24) is 4.98 Å². The highest BCUT2D eigenvalue weighted by molar-refractivity contribution is 5.33. The van der Waals surface area contributed by atoms with Gasteiger partial charge in [-0.3, -0.25) is 4.79 Å².